The average Bonchev–Trinajstić information content (AvgIpc) is 2.66. The number of amides is 1. The van der Waals surface area contributed by atoms with Gasteiger partial charge in [0.05, 0.1) is 17.4 Å². The van der Waals surface area contributed by atoms with Crippen molar-refractivity contribution in [2.75, 3.05) is 13.2 Å². The van der Waals surface area contributed by atoms with Crippen molar-refractivity contribution in [3.05, 3.63) is 75.4 Å². The zero-order chi connectivity index (χ0) is 18.4. The van der Waals surface area contributed by atoms with E-state index in [1.807, 2.05) is 30.3 Å². The number of carbonyl (C=O) groups is 1. The molecule has 2 N–H and O–H groups in total. The molecule has 0 radical (unpaired) electrons. The van der Waals surface area contributed by atoms with Gasteiger partial charge in [-0.2, -0.15) is 0 Å². The van der Waals surface area contributed by atoms with Crippen molar-refractivity contribution in [3.63, 3.8) is 0 Å². The van der Waals surface area contributed by atoms with E-state index in [0.29, 0.717) is 24.1 Å². The minimum atomic E-state index is -0.520. The van der Waals surface area contributed by atoms with Crippen LogP contribution >= 0.6 is 0 Å². The summed E-state index contributed by atoms with van der Waals surface area (Å²) in [6, 6.07) is 16.1. The van der Waals surface area contributed by atoms with Crippen LogP contribution in [0.3, 0.4) is 0 Å². The van der Waals surface area contributed by atoms with Crippen molar-refractivity contribution in [1.82, 2.24) is 14.9 Å². The Morgan fingerprint density at radius 1 is 1.04 bits per heavy atom. The highest BCUT2D eigenvalue weighted by molar-refractivity contribution is 5.78. The number of H-pyrrole nitrogens is 1. The largest absolute Gasteiger partial charge is 0.492 e. The van der Waals surface area contributed by atoms with Crippen LogP contribution < -0.4 is 21.3 Å². The highest BCUT2D eigenvalue weighted by atomic mass is 16.5. The smallest absolute Gasteiger partial charge is 0.328 e. The molecule has 1 aromatic heterocycles. The molecule has 3 rings (SSSR count). The van der Waals surface area contributed by atoms with Gasteiger partial charge in [-0.25, -0.2) is 4.79 Å². The summed E-state index contributed by atoms with van der Waals surface area (Å²) in [5, 5.41) is 3.17. The topological polar surface area (TPSA) is 93.2 Å². The highest BCUT2D eigenvalue weighted by Gasteiger charge is 2.08. The first-order valence-corrected chi connectivity index (χ1v) is 8.31. The first-order chi connectivity index (χ1) is 12.6. The number of aryl methyl sites for hydroxylation is 1. The zero-order valence-corrected chi connectivity index (χ0v) is 14.1. The van der Waals surface area contributed by atoms with Crippen LogP contribution in [-0.4, -0.2) is 28.6 Å². The third-order valence-electron chi connectivity index (χ3n) is 3.90. The van der Waals surface area contributed by atoms with E-state index in [2.05, 4.69) is 10.3 Å². The number of aromatic amines is 1. The number of carbonyl (C=O) groups excluding carboxylic acids is 1. The summed E-state index contributed by atoms with van der Waals surface area (Å²) in [5.74, 6) is 0.553. The zero-order valence-electron chi connectivity index (χ0n) is 14.1. The Morgan fingerprint density at radius 2 is 1.77 bits per heavy atom. The Hall–Kier alpha value is -3.35. The van der Waals surface area contributed by atoms with Gasteiger partial charge in [-0.3, -0.25) is 19.1 Å². The van der Waals surface area contributed by atoms with E-state index in [-0.39, 0.29) is 18.9 Å². The summed E-state index contributed by atoms with van der Waals surface area (Å²) in [4.78, 5) is 38.1. The van der Waals surface area contributed by atoms with Gasteiger partial charge in [0.1, 0.15) is 12.4 Å². The second-order valence-electron chi connectivity index (χ2n) is 5.69. The van der Waals surface area contributed by atoms with Gasteiger partial charge in [0.15, 0.2) is 0 Å². The number of nitrogens with one attached hydrogen (secondary N) is 2. The lowest BCUT2D eigenvalue weighted by atomic mass is 10.2. The molecule has 0 saturated carbocycles. The van der Waals surface area contributed by atoms with Crippen LogP contribution in [0.4, 0.5) is 0 Å². The Bertz CT molecular complexity index is 1010. The molecule has 7 heteroatoms. The molecule has 0 aliphatic heterocycles. The van der Waals surface area contributed by atoms with Crippen LogP contribution in [-0.2, 0) is 11.3 Å². The van der Waals surface area contributed by atoms with E-state index in [1.54, 1.807) is 24.3 Å². The fourth-order valence-corrected chi connectivity index (χ4v) is 2.64. The van der Waals surface area contributed by atoms with Gasteiger partial charge in [0.2, 0.25) is 5.91 Å². The van der Waals surface area contributed by atoms with E-state index in [4.69, 9.17) is 4.74 Å². The molecule has 1 amide bonds. The van der Waals surface area contributed by atoms with Crippen molar-refractivity contribution in [3.8, 4) is 5.75 Å². The SMILES string of the molecule is O=C(CCn1c(=O)[nH]c(=O)c2ccccc21)NCCOc1ccccc1. The summed E-state index contributed by atoms with van der Waals surface area (Å²) in [7, 11) is 0. The number of hydrogen-bond acceptors (Lipinski definition) is 4. The third kappa shape index (κ3) is 4.18. The summed E-state index contributed by atoms with van der Waals surface area (Å²) in [5.41, 5.74) is -0.431. The molecule has 7 nitrogen and oxygen atoms in total. The number of aromatic nitrogens is 2. The maximum atomic E-state index is 12.0. The number of benzene rings is 2. The molecule has 0 saturated heterocycles. The number of hydrogen-bond donors (Lipinski definition) is 2. The van der Waals surface area contributed by atoms with E-state index < -0.39 is 11.2 Å². The Morgan fingerprint density at radius 3 is 2.58 bits per heavy atom. The van der Waals surface area contributed by atoms with Crippen LogP contribution in [0.2, 0.25) is 0 Å². The first kappa shape index (κ1) is 17.5. The lowest BCUT2D eigenvalue weighted by Crippen LogP contribution is -2.33. The van der Waals surface area contributed by atoms with Crippen molar-refractivity contribution in [2.45, 2.75) is 13.0 Å². The number of rotatable bonds is 7. The predicted octanol–water partition coefficient (Wildman–Crippen LogP) is 1.28. The van der Waals surface area contributed by atoms with Crippen LogP contribution in [0.15, 0.2) is 64.2 Å². The molecule has 0 unspecified atom stereocenters. The van der Waals surface area contributed by atoms with Crippen LogP contribution in [0.25, 0.3) is 10.9 Å². The summed E-state index contributed by atoms with van der Waals surface area (Å²) in [6.45, 7) is 0.911. The van der Waals surface area contributed by atoms with Crippen LogP contribution in [0, 0.1) is 0 Å². The lowest BCUT2D eigenvalue weighted by Gasteiger charge is -2.10. The number of ether oxygens (including phenoxy) is 1. The van der Waals surface area contributed by atoms with Gasteiger partial charge in [0.25, 0.3) is 5.56 Å². The lowest BCUT2D eigenvalue weighted by molar-refractivity contribution is -0.121. The molecule has 0 bridgehead atoms. The van der Waals surface area contributed by atoms with Crippen molar-refractivity contribution in [1.29, 1.82) is 0 Å². The Kier molecular flexibility index (Phi) is 5.48. The Labute approximate surface area is 149 Å². The maximum absolute atomic E-state index is 12.0. The van der Waals surface area contributed by atoms with Gasteiger partial charge in [-0.1, -0.05) is 30.3 Å². The highest BCUT2D eigenvalue weighted by Crippen LogP contribution is 2.08. The maximum Gasteiger partial charge on any atom is 0.328 e. The van der Waals surface area contributed by atoms with E-state index in [9.17, 15) is 14.4 Å². The fraction of sp³-hybridized carbons (Fsp3) is 0.211. The molecule has 2 aromatic carbocycles. The molecule has 0 aliphatic carbocycles. The van der Waals surface area contributed by atoms with Crippen molar-refractivity contribution < 1.29 is 9.53 Å². The van der Waals surface area contributed by atoms with E-state index in [1.165, 1.54) is 4.57 Å². The number of fused-ring (bicyclic) bond motifs is 1. The molecule has 0 spiro atoms. The fourth-order valence-electron chi connectivity index (χ4n) is 2.64. The normalized spacial score (nSPS) is 10.6. The van der Waals surface area contributed by atoms with Crippen molar-refractivity contribution >= 4 is 16.8 Å². The first-order valence-electron chi connectivity index (χ1n) is 8.31. The minimum absolute atomic E-state index is 0.126. The molecule has 0 atom stereocenters. The molecule has 26 heavy (non-hydrogen) atoms. The molecular weight excluding hydrogens is 334 g/mol. The summed E-state index contributed by atoms with van der Waals surface area (Å²) >= 11 is 0. The predicted molar refractivity (Wildman–Crippen MR) is 98.4 cm³/mol. The standard InChI is InChI=1S/C19H19N3O4/c23-17(20-11-13-26-14-6-2-1-3-7-14)10-12-22-16-9-5-4-8-15(16)18(24)21-19(22)25/h1-9H,10-13H2,(H,20,23)(H,21,24,25). The van der Waals surface area contributed by atoms with Gasteiger partial charge >= 0.3 is 5.69 Å². The number of nitrogens with zero attached hydrogens (tertiary/aromatic N) is 1. The van der Waals surface area contributed by atoms with Crippen molar-refractivity contribution in [2.24, 2.45) is 0 Å². The monoisotopic (exact) mass is 353 g/mol. The molecule has 3 aromatic rings. The minimum Gasteiger partial charge on any atom is -0.492 e. The Balaban J connectivity index is 1.54. The van der Waals surface area contributed by atoms with Gasteiger partial charge in [-0.05, 0) is 24.3 Å². The van der Waals surface area contributed by atoms with Crippen LogP contribution in [0.1, 0.15) is 6.42 Å². The summed E-state index contributed by atoms with van der Waals surface area (Å²) in [6.07, 6.45) is 0.126. The second kappa shape index (κ2) is 8.15. The quantitative estimate of drug-likeness (QED) is 0.626. The molecule has 0 fully saturated rings. The molecule has 1 heterocycles. The molecular formula is C19H19N3O4. The van der Waals surface area contributed by atoms with Gasteiger partial charge in [0, 0.05) is 13.0 Å². The van der Waals surface area contributed by atoms with Gasteiger partial charge in [-0.15, -0.1) is 0 Å². The van der Waals surface area contributed by atoms with Gasteiger partial charge < -0.3 is 10.1 Å². The molecule has 0 aliphatic rings. The third-order valence-corrected chi connectivity index (χ3v) is 3.90. The van der Waals surface area contributed by atoms with Crippen LogP contribution in [0.5, 0.6) is 5.75 Å². The van der Waals surface area contributed by atoms with E-state index >= 15 is 0 Å². The second-order valence-corrected chi connectivity index (χ2v) is 5.69. The number of para-hydroxylation sites is 2. The van der Waals surface area contributed by atoms with E-state index in [0.717, 1.165) is 5.75 Å². The summed E-state index contributed by atoms with van der Waals surface area (Å²) < 4.78 is 6.90. The average molecular weight is 353 g/mol. The molecule has 134 valence electrons.